The Morgan fingerprint density at radius 1 is 1.27 bits per heavy atom. The van der Waals surface area contributed by atoms with Gasteiger partial charge in [0, 0.05) is 5.75 Å². The van der Waals surface area contributed by atoms with Crippen LogP contribution >= 0.6 is 0 Å². The van der Waals surface area contributed by atoms with Crippen molar-refractivity contribution in [1.82, 2.24) is 0 Å². The zero-order valence-electron chi connectivity index (χ0n) is 8.46. The zero-order valence-corrected chi connectivity index (χ0v) is 9.27. The Labute approximate surface area is 100 Å². The molecule has 0 heterocycles. The number of unbranched alkanes of at least 4 members (excludes halogenated alkanes) is 2. The fraction of sp³-hybridized carbons (Fsp3) is 0.667. The molecule has 0 saturated heterocycles. The standard InChI is InChI=1S/C6H12O3S.BF3.Li/c1-2-3-4-5-6-10(7,8)9;2-1(3)4;/h2H,1,3-6H2,(H,7,8,9);;/q;;+1/p-1. The summed E-state index contributed by atoms with van der Waals surface area (Å²) in [5, 5.41) is 0. The molecule has 0 unspecified atom stereocenters. The van der Waals surface area contributed by atoms with Gasteiger partial charge < -0.3 is 4.55 Å². The zero-order chi connectivity index (χ0) is 11.6. The summed E-state index contributed by atoms with van der Waals surface area (Å²) in [7, 11) is -7.66. The summed E-state index contributed by atoms with van der Waals surface area (Å²) in [6, 6.07) is 0. The van der Waals surface area contributed by atoms with Gasteiger partial charge in [-0.15, -0.1) is 6.58 Å². The summed E-state index contributed by atoms with van der Waals surface area (Å²) in [4.78, 5) is 0. The third kappa shape index (κ3) is 40.9. The van der Waals surface area contributed by atoms with E-state index in [-0.39, 0.29) is 24.6 Å². The van der Waals surface area contributed by atoms with Crippen molar-refractivity contribution < 1.29 is 44.8 Å². The predicted octanol–water partition coefficient (Wildman–Crippen LogP) is -1.23. The van der Waals surface area contributed by atoms with E-state index in [4.69, 9.17) is 0 Å². The summed E-state index contributed by atoms with van der Waals surface area (Å²) in [5.41, 5.74) is 0. The number of allylic oxidation sites excluding steroid dienone is 1. The van der Waals surface area contributed by atoms with Crippen molar-refractivity contribution in [2.45, 2.75) is 19.3 Å². The average Bonchev–Trinajstić information content (AvgIpc) is 1.95. The molecule has 0 atom stereocenters. The van der Waals surface area contributed by atoms with Gasteiger partial charge in [0.1, 0.15) is 0 Å². The molecule has 0 saturated carbocycles. The molecule has 0 N–H and O–H groups in total. The second kappa shape index (κ2) is 12.2. The van der Waals surface area contributed by atoms with Crippen molar-refractivity contribution in [2.75, 3.05) is 5.75 Å². The number of hydrogen-bond donors (Lipinski definition) is 0. The molecular weight excluding hydrogens is 227 g/mol. The molecular formula is C6H11BF3LiO3S. The van der Waals surface area contributed by atoms with Gasteiger partial charge in [-0.25, -0.2) is 8.42 Å². The topological polar surface area (TPSA) is 57.2 Å². The molecule has 0 rings (SSSR count). The Balaban J connectivity index is -0.000000249. The van der Waals surface area contributed by atoms with Crippen LogP contribution in [0.2, 0.25) is 0 Å². The largest absolute Gasteiger partial charge is 1.00 e. The quantitative estimate of drug-likeness (QED) is 0.261. The maximum Gasteiger partial charge on any atom is 1.00 e. The van der Waals surface area contributed by atoms with Crippen LogP contribution in [0.1, 0.15) is 19.3 Å². The van der Waals surface area contributed by atoms with Gasteiger partial charge in [-0.3, -0.25) is 12.9 Å². The average molecular weight is 238 g/mol. The van der Waals surface area contributed by atoms with Gasteiger partial charge in [-0.2, -0.15) is 0 Å². The molecule has 0 aromatic heterocycles. The maximum atomic E-state index is 10.0. The Hall–Kier alpha value is 0.102. The first-order valence-corrected chi connectivity index (χ1v) is 5.34. The first kappa shape index (κ1) is 20.5. The Bertz CT molecular complexity index is 233. The summed E-state index contributed by atoms with van der Waals surface area (Å²) in [6.45, 7) is 3.47. The van der Waals surface area contributed by atoms with Gasteiger partial charge in [-0.1, -0.05) is 6.08 Å². The summed E-state index contributed by atoms with van der Waals surface area (Å²) >= 11 is 0. The molecule has 0 fully saturated rings. The monoisotopic (exact) mass is 238 g/mol. The molecule has 15 heavy (non-hydrogen) atoms. The molecule has 0 aliphatic heterocycles. The van der Waals surface area contributed by atoms with Crippen LogP contribution in [0.4, 0.5) is 12.9 Å². The molecule has 84 valence electrons. The van der Waals surface area contributed by atoms with Crippen LogP contribution in [-0.4, -0.2) is 26.3 Å². The van der Waals surface area contributed by atoms with Crippen LogP contribution in [0.15, 0.2) is 12.7 Å². The van der Waals surface area contributed by atoms with E-state index in [2.05, 4.69) is 6.58 Å². The van der Waals surface area contributed by atoms with Crippen LogP contribution in [0.25, 0.3) is 0 Å². The summed E-state index contributed by atoms with van der Waals surface area (Å²) < 4.78 is 59.0. The molecule has 0 radical (unpaired) electrons. The smallest absolute Gasteiger partial charge is 0.748 e. The van der Waals surface area contributed by atoms with Crippen LogP contribution in [-0.2, 0) is 10.1 Å². The van der Waals surface area contributed by atoms with E-state index in [1.807, 2.05) is 0 Å². The van der Waals surface area contributed by atoms with E-state index in [1.165, 1.54) is 0 Å². The van der Waals surface area contributed by atoms with E-state index in [0.29, 0.717) is 6.42 Å². The number of halogens is 3. The van der Waals surface area contributed by atoms with E-state index >= 15 is 0 Å². The fourth-order valence-corrected chi connectivity index (χ4v) is 1.13. The van der Waals surface area contributed by atoms with E-state index < -0.39 is 17.7 Å². The maximum absolute atomic E-state index is 10.0. The van der Waals surface area contributed by atoms with Gasteiger partial charge in [0.2, 0.25) is 0 Å². The molecule has 0 bridgehead atoms. The van der Waals surface area contributed by atoms with Gasteiger partial charge >= 0.3 is 26.4 Å². The molecule has 0 aliphatic carbocycles. The van der Waals surface area contributed by atoms with Crippen molar-refractivity contribution in [3.8, 4) is 0 Å². The third-order valence-corrected chi connectivity index (χ3v) is 1.84. The molecule has 0 aliphatic rings. The summed E-state index contributed by atoms with van der Waals surface area (Å²) in [5.74, 6) is -0.249. The van der Waals surface area contributed by atoms with E-state index in [0.717, 1.165) is 12.8 Å². The van der Waals surface area contributed by atoms with Gasteiger partial charge in [0.05, 0.1) is 10.1 Å². The third-order valence-electron chi connectivity index (χ3n) is 1.05. The van der Waals surface area contributed by atoms with E-state index in [9.17, 15) is 25.9 Å². The van der Waals surface area contributed by atoms with Crippen molar-refractivity contribution in [3.63, 3.8) is 0 Å². The van der Waals surface area contributed by atoms with Crippen LogP contribution < -0.4 is 18.9 Å². The molecule has 0 aromatic carbocycles. The SMILES string of the molecule is C=CCCCCS(=O)(=O)[O-].FB(F)F.[Li+]. The minimum Gasteiger partial charge on any atom is -0.748 e. The summed E-state index contributed by atoms with van der Waals surface area (Å²) in [6.07, 6.45) is 3.65. The molecule has 0 spiro atoms. The molecule has 9 heteroatoms. The Morgan fingerprint density at radius 2 is 1.67 bits per heavy atom. The van der Waals surface area contributed by atoms with Crippen molar-refractivity contribution >= 4 is 17.7 Å². The fourth-order valence-electron chi connectivity index (χ4n) is 0.568. The normalized spacial score (nSPS) is 9.33. The van der Waals surface area contributed by atoms with Gasteiger partial charge in [-0.05, 0) is 19.3 Å². The minimum atomic E-state index is -3.99. The molecule has 0 amide bonds. The Morgan fingerprint density at radius 3 is 1.93 bits per heavy atom. The first-order valence-electron chi connectivity index (χ1n) is 3.76. The second-order valence-electron chi connectivity index (χ2n) is 2.29. The van der Waals surface area contributed by atoms with E-state index in [1.54, 1.807) is 6.08 Å². The van der Waals surface area contributed by atoms with Crippen molar-refractivity contribution in [2.24, 2.45) is 0 Å². The second-order valence-corrected chi connectivity index (χ2v) is 3.82. The molecule has 0 aromatic rings. The number of hydrogen-bond acceptors (Lipinski definition) is 3. The van der Waals surface area contributed by atoms with Crippen LogP contribution in [0.3, 0.4) is 0 Å². The van der Waals surface area contributed by atoms with Crippen LogP contribution in [0.5, 0.6) is 0 Å². The predicted molar refractivity (Wildman–Crippen MR) is 47.7 cm³/mol. The van der Waals surface area contributed by atoms with Crippen LogP contribution in [0, 0.1) is 0 Å². The molecule has 3 nitrogen and oxygen atoms in total. The number of rotatable bonds is 5. The van der Waals surface area contributed by atoms with Gasteiger partial charge in [0.15, 0.2) is 0 Å². The van der Waals surface area contributed by atoms with Crippen molar-refractivity contribution in [3.05, 3.63) is 12.7 Å². The van der Waals surface area contributed by atoms with Gasteiger partial charge in [0.25, 0.3) is 0 Å². The Kier molecular flexibility index (Phi) is 16.6. The first-order chi connectivity index (χ1) is 6.29. The van der Waals surface area contributed by atoms with Crippen molar-refractivity contribution in [1.29, 1.82) is 0 Å². The minimum absolute atomic E-state index is 0.